The SMILES string of the molecule is CC(NC(=O)C1CCCN1C(=O)C(Cc1ccccc1)NC(=O)CN)C(=O)O. The molecule has 1 fully saturated rings. The Hall–Kier alpha value is -2.94. The van der Waals surface area contributed by atoms with E-state index in [2.05, 4.69) is 10.6 Å². The zero-order valence-corrected chi connectivity index (χ0v) is 15.8. The fourth-order valence-corrected chi connectivity index (χ4v) is 3.18. The Morgan fingerprint density at radius 2 is 1.89 bits per heavy atom. The first-order valence-electron chi connectivity index (χ1n) is 9.20. The quantitative estimate of drug-likeness (QED) is 0.460. The molecule has 0 aromatic heterocycles. The van der Waals surface area contributed by atoms with Gasteiger partial charge in [-0.1, -0.05) is 30.3 Å². The van der Waals surface area contributed by atoms with Crippen LogP contribution in [0.2, 0.25) is 0 Å². The van der Waals surface area contributed by atoms with Gasteiger partial charge in [0.25, 0.3) is 0 Å². The molecule has 0 spiro atoms. The average molecular weight is 390 g/mol. The molecule has 0 aliphatic carbocycles. The summed E-state index contributed by atoms with van der Waals surface area (Å²) >= 11 is 0. The molecule has 1 aromatic rings. The van der Waals surface area contributed by atoms with E-state index in [4.69, 9.17) is 10.8 Å². The number of aliphatic carboxylic acids is 1. The second-order valence-electron chi connectivity index (χ2n) is 6.77. The highest BCUT2D eigenvalue weighted by atomic mass is 16.4. The predicted octanol–water partition coefficient (Wildman–Crippen LogP) is -0.747. The molecule has 9 heteroatoms. The van der Waals surface area contributed by atoms with Crippen LogP contribution < -0.4 is 16.4 Å². The van der Waals surface area contributed by atoms with Crippen molar-refractivity contribution < 1.29 is 24.3 Å². The molecule has 0 saturated carbocycles. The maximum Gasteiger partial charge on any atom is 0.325 e. The summed E-state index contributed by atoms with van der Waals surface area (Å²) in [6.45, 7) is 1.47. The normalized spacial score (nSPS) is 18.2. The monoisotopic (exact) mass is 390 g/mol. The summed E-state index contributed by atoms with van der Waals surface area (Å²) in [5, 5.41) is 14.0. The molecule has 1 saturated heterocycles. The fraction of sp³-hybridized carbons (Fsp3) is 0.474. The number of carboxylic acids is 1. The van der Waals surface area contributed by atoms with E-state index in [9.17, 15) is 19.2 Å². The molecule has 3 amide bonds. The van der Waals surface area contributed by atoms with E-state index in [0.717, 1.165) is 5.56 Å². The molecule has 1 aromatic carbocycles. The van der Waals surface area contributed by atoms with Crippen molar-refractivity contribution in [1.82, 2.24) is 15.5 Å². The van der Waals surface area contributed by atoms with Gasteiger partial charge in [-0.15, -0.1) is 0 Å². The van der Waals surface area contributed by atoms with Crippen LogP contribution in [0.5, 0.6) is 0 Å². The van der Waals surface area contributed by atoms with E-state index in [1.165, 1.54) is 11.8 Å². The highest BCUT2D eigenvalue weighted by molar-refractivity contribution is 5.94. The minimum atomic E-state index is -1.15. The van der Waals surface area contributed by atoms with Crippen molar-refractivity contribution in [2.45, 2.75) is 44.3 Å². The molecule has 28 heavy (non-hydrogen) atoms. The average Bonchev–Trinajstić information content (AvgIpc) is 3.17. The van der Waals surface area contributed by atoms with Crippen LogP contribution in [0, 0.1) is 0 Å². The van der Waals surface area contributed by atoms with Gasteiger partial charge in [0.1, 0.15) is 18.1 Å². The number of likely N-dealkylation sites (tertiary alicyclic amines) is 1. The Bertz CT molecular complexity index is 724. The van der Waals surface area contributed by atoms with Gasteiger partial charge < -0.3 is 26.4 Å². The van der Waals surface area contributed by atoms with Crippen LogP contribution in [0.15, 0.2) is 30.3 Å². The van der Waals surface area contributed by atoms with Gasteiger partial charge in [-0.2, -0.15) is 0 Å². The van der Waals surface area contributed by atoms with Crippen LogP contribution in [-0.2, 0) is 25.6 Å². The van der Waals surface area contributed by atoms with Gasteiger partial charge in [-0.3, -0.25) is 19.2 Å². The van der Waals surface area contributed by atoms with Crippen LogP contribution in [0.1, 0.15) is 25.3 Å². The molecule has 3 unspecified atom stereocenters. The summed E-state index contributed by atoms with van der Waals surface area (Å²) in [6, 6.07) is 6.54. The van der Waals surface area contributed by atoms with Crippen LogP contribution in [0.4, 0.5) is 0 Å². The van der Waals surface area contributed by atoms with Crippen molar-refractivity contribution in [3.63, 3.8) is 0 Å². The highest BCUT2D eigenvalue weighted by Gasteiger charge is 2.38. The van der Waals surface area contributed by atoms with Crippen molar-refractivity contribution >= 4 is 23.7 Å². The molecule has 2 rings (SSSR count). The second-order valence-corrected chi connectivity index (χ2v) is 6.77. The number of nitrogens with one attached hydrogen (secondary N) is 2. The molecule has 152 valence electrons. The van der Waals surface area contributed by atoms with Crippen LogP contribution in [-0.4, -0.2) is 64.9 Å². The van der Waals surface area contributed by atoms with Gasteiger partial charge in [-0.25, -0.2) is 0 Å². The second kappa shape index (κ2) is 9.84. The van der Waals surface area contributed by atoms with E-state index >= 15 is 0 Å². The molecular formula is C19H26N4O5. The Kier molecular flexibility index (Phi) is 7.51. The Morgan fingerprint density at radius 3 is 2.50 bits per heavy atom. The zero-order valence-electron chi connectivity index (χ0n) is 15.8. The van der Waals surface area contributed by atoms with Crippen molar-refractivity contribution in [2.24, 2.45) is 5.73 Å². The number of nitrogens with two attached hydrogens (primary N) is 1. The topological polar surface area (TPSA) is 142 Å². The lowest BCUT2D eigenvalue weighted by molar-refractivity contribution is -0.144. The number of amides is 3. The molecule has 1 aliphatic rings. The maximum absolute atomic E-state index is 13.1. The smallest absolute Gasteiger partial charge is 0.325 e. The summed E-state index contributed by atoms with van der Waals surface area (Å²) < 4.78 is 0. The first-order valence-corrected chi connectivity index (χ1v) is 9.20. The van der Waals surface area contributed by atoms with Crippen molar-refractivity contribution in [2.75, 3.05) is 13.1 Å². The van der Waals surface area contributed by atoms with E-state index in [-0.39, 0.29) is 18.9 Å². The first-order chi connectivity index (χ1) is 13.3. The van der Waals surface area contributed by atoms with Crippen molar-refractivity contribution in [3.05, 3.63) is 35.9 Å². The van der Waals surface area contributed by atoms with Crippen LogP contribution in [0.25, 0.3) is 0 Å². The lowest BCUT2D eigenvalue weighted by Crippen LogP contribution is -2.56. The minimum absolute atomic E-state index is 0.251. The van der Waals surface area contributed by atoms with Crippen molar-refractivity contribution in [1.29, 1.82) is 0 Å². The third kappa shape index (κ3) is 5.53. The maximum atomic E-state index is 13.1. The van der Waals surface area contributed by atoms with E-state index < -0.39 is 35.9 Å². The zero-order chi connectivity index (χ0) is 20.7. The highest BCUT2D eigenvalue weighted by Crippen LogP contribution is 2.20. The number of benzene rings is 1. The van der Waals surface area contributed by atoms with Gasteiger partial charge in [0.2, 0.25) is 17.7 Å². The summed E-state index contributed by atoms with van der Waals surface area (Å²) in [5.41, 5.74) is 6.23. The number of hydrogen-bond acceptors (Lipinski definition) is 5. The number of rotatable bonds is 8. The molecule has 0 radical (unpaired) electrons. The fourth-order valence-electron chi connectivity index (χ4n) is 3.18. The number of nitrogens with zero attached hydrogens (tertiary/aromatic N) is 1. The molecule has 3 atom stereocenters. The van der Waals surface area contributed by atoms with Gasteiger partial charge in [0.15, 0.2) is 0 Å². The lowest BCUT2D eigenvalue weighted by atomic mass is 10.0. The van der Waals surface area contributed by atoms with Gasteiger partial charge in [0, 0.05) is 13.0 Å². The Labute approximate surface area is 163 Å². The number of carbonyl (C=O) groups is 4. The molecule has 1 aliphatic heterocycles. The first kappa shape index (κ1) is 21.4. The lowest BCUT2D eigenvalue weighted by Gasteiger charge is -2.29. The molecule has 5 N–H and O–H groups in total. The molecular weight excluding hydrogens is 364 g/mol. The Balaban J connectivity index is 2.15. The number of carboxylic acid groups (broad SMARTS) is 1. The molecule has 1 heterocycles. The third-order valence-corrected chi connectivity index (χ3v) is 4.67. The third-order valence-electron chi connectivity index (χ3n) is 4.67. The van der Waals surface area contributed by atoms with E-state index in [0.29, 0.717) is 19.4 Å². The van der Waals surface area contributed by atoms with Gasteiger partial charge in [-0.05, 0) is 25.3 Å². The Morgan fingerprint density at radius 1 is 1.21 bits per heavy atom. The van der Waals surface area contributed by atoms with Crippen molar-refractivity contribution in [3.8, 4) is 0 Å². The van der Waals surface area contributed by atoms with Crippen LogP contribution in [0.3, 0.4) is 0 Å². The molecule has 0 bridgehead atoms. The van der Waals surface area contributed by atoms with E-state index in [1.54, 1.807) is 0 Å². The summed E-state index contributed by atoms with van der Waals surface area (Å²) in [5.74, 6) is -2.51. The molecule has 9 nitrogen and oxygen atoms in total. The summed E-state index contributed by atoms with van der Waals surface area (Å²) in [6.07, 6.45) is 1.32. The number of carbonyl (C=O) groups excluding carboxylic acids is 3. The van der Waals surface area contributed by atoms with E-state index in [1.807, 2.05) is 30.3 Å². The minimum Gasteiger partial charge on any atom is -0.480 e. The van der Waals surface area contributed by atoms with Gasteiger partial charge in [0.05, 0.1) is 6.54 Å². The number of hydrogen-bond donors (Lipinski definition) is 4. The summed E-state index contributed by atoms with van der Waals surface area (Å²) in [4.78, 5) is 49.8. The predicted molar refractivity (Wildman–Crippen MR) is 101 cm³/mol. The van der Waals surface area contributed by atoms with Crippen LogP contribution >= 0.6 is 0 Å². The largest absolute Gasteiger partial charge is 0.480 e. The standard InChI is InChI=1S/C19H26N4O5/c1-12(19(27)28)21-17(25)15-8-5-9-23(15)18(26)14(22-16(24)11-20)10-13-6-3-2-4-7-13/h2-4,6-7,12,14-15H,5,8-11,20H2,1H3,(H,21,25)(H,22,24)(H,27,28). The van der Waals surface area contributed by atoms with Gasteiger partial charge >= 0.3 is 5.97 Å². The summed E-state index contributed by atoms with van der Waals surface area (Å²) in [7, 11) is 0.